The molecule has 0 bridgehead atoms. The lowest BCUT2D eigenvalue weighted by atomic mass is 10.1. The van der Waals surface area contributed by atoms with Crippen LogP contribution in [-0.2, 0) is 4.43 Å². The summed E-state index contributed by atoms with van der Waals surface area (Å²) in [6.45, 7) is 18.4. The molecular formula is C18H37NO2Si. The van der Waals surface area contributed by atoms with Crippen LogP contribution >= 0.6 is 0 Å². The number of hydrogen-bond acceptors (Lipinski definition) is 3. The lowest BCUT2D eigenvalue weighted by molar-refractivity contribution is 0.269. The minimum Gasteiger partial charge on any atom is -0.416 e. The Labute approximate surface area is 139 Å². The molecule has 0 fully saturated rings. The molecule has 0 unspecified atom stereocenters. The number of oxime groups is 1. The molecule has 1 N–H and O–H groups in total. The molecule has 0 spiro atoms. The predicted octanol–water partition coefficient (Wildman–Crippen LogP) is 6.15. The first-order valence-electron chi connectivity index (χ1n) is 8.77. The van der Waals surface area contributed by atoms with E-state index in [2.05, 4.69) is 53.3 Å². The minimum absolute atomic E-state index is 0.634. The van der Waals surface area contributed by atoms with Gasteiger partial charge in [-0.25, -0.2) is 0 Å². The summed E-state index contributed by atoms with van der Waals surface area (Å²) in [7, 11) is -1.73. The van der Waals surface area contributed by atoms with Gasteiger partial charge in [0, 0.05) is 6.61 Å². The van der Waals surface area contributed by atoms with Crippen LogP contribution in [0.25, 0.3) is 0 Å². The standard InChI is InChI=1S/C18H37NO2Si/c1-8-9-12-18(19-20)13-10-11-14-21-22(15(2)3,16(4)5)17(6)7/h8,15-17,20H,1,9-14H2,2-7H3/b19-18+. The maximum atomic E-state index is 8.99. The zero-order valence-electron chi connectivity index (χ0n) is 15.6. The monoisotopic (exact) mass is 327 g/mol. The third-order valence-electron chi connectivity index (χ3n) is 4.70. The van der Waals surface area contributed by atoms with E-state index in [0.29, 0.717) is 16.6 Å². The van der Waals surface area contributed by atoms with E-state index in [0.717, 1.165) is 44.4 Å². The molecule has 0 heterocycles. The molecule has 130 valence electrons. The number of rotatable bonds is 12. The van der Waals surface area contributed by atoms with Crippen LogP contribution in [0.4, 0.5) is 0 Å². The Morgan fingerprint density at radius 1 is 1.05 bits per heavy atom. The van der Waals surface area contributed by atoms with E-state index in [-0.39, 0.29) is 0 Å². The molecule has 0 aliphatic heterocycles. The molecule has 4 heteroatoms. The summed E-state index contributed by atoms with van der Waals surface area (Å²) in [5, 5.41) is 12.4. The average molecular weight is 328 g/mol. The molecule has 0 radical (unpaired) electrons. The van der Waals surface area contributed by atoms with Gasteiger partial charge in [0.2, 0.25) is 0 Å². The molecule has 0 aromatic carbocycles. The summed E-state index contributed by atoms with van der Waals surface area (Å²) in [6.07, 6.45) is 6.46. The maximum absolute atomic E-state index is 8.99. The van der Waals surface area contributed by atoms with Gasteiger partial charge in [-0.15, -0.1) is 6.58 Å². The average Bonchev–Trinajstić information content (AvgIpc) is 2.44. The van der Waals surface area contributed by atoms with Crippen molar-refractivity contribution in [3.8, 4) is 0 Å². The quantitative estimate of drug-likeness (QED) is 0.117. The predicted molar refractivity (Wildman–Crippen MR) is 99.5 cm³/mol. The van der Waals surface area contributed by atoms with Crippen LogP contribution < -0.4 is 0 Å². The van der Waals surface area contributed by atoms with Crippen LogP contribution in [0.3, 0.4) is 0 Å². The third-order valence-corrected chi connectivity index (χ3v) is 10.8. The Balaban J connectivity index is 4.33. The van der Waals surface area contributed by atoms with E-state index >= 15 is 0 Å². The van der Waals surface area contributed by atoms with Gasteiger partial charge in [-0.1, -0.05) is 52.8 Å². The van der Waals surface area contributed by atoms with E-state index in [9.17, 15) is 0 Å². The fraction of sp³-hybridized carbons (Fsp3) is 0.833. The van der Waals surface area contributed by atoms with E-state index in [4.69, 9.17) is 9.63 Å². The highest BCUT2D eigenvalue weighted by atomic mass is 28.4. The lowest BCUT2D eigenvalue weighted by Crippen LogP contribution is -2.47. The summed E-state index contributed by atoms with van der Waals surface area (Å²) in [5.74, 6) is 0. The van der Waals surface area contributed by atoms with Crippen LogP contribution in [0.5, 0.6) is 0 Å². The van der Waals surface area contributed by atoms with Gasteiger partial charge < -0.3 is 9.63 Å². The molecule has 0 aliphatic rings. The molecule has 3 nitrogen and oxygen atoms in total. The van der Waals surface area contributed by atoms with Crippen LogP contribution in [0.2, 0.25) is 16.6 Å². The largest absolute Gasteiger partial charge is 0.416 e. The SMILES string of the molecule is C=CCC/C(CCCCO[Si](C(C)C)(C(C)C)C(C)C)=N\O. The number of unbranched alkanes of at least 4 members (excludes halogenated alkanes) is 1. The summed E-state index contributed by atoms with van der Waals surface area (Å²) < 4.78 is 6.53. The van der Waals surface area contributed by atoms with Gasteiger partial charge in [0.1, 0.15) is 0 Å². The number of hydrogen-bond donors (Lipinski definition) is 1. The Morgan fingerprint density at radius 3 is 2.00 bits per heavy atom. The van der Waals surface area contributed by atoms with E-state index in [1.165, 1.54) is 0 Å². The molecule has 0 atom stereocenters. The highest BCUT2D eigenvalue weighted by Gasteiger charge is 2.44. The zero-order chi connectivity index (χ0) is 17.2. The van der Waals surface area contributed by atoms with Gasteiger partial charge in [-0.2, -0.15) is 0 Å². The summed E-state index contributed by atoms with van der Waals surface area (Å²) in [4.78, 5) is 0. The van der Waals surface area contributed by atoms with Crippen molar-refractivity contribution in [1.29, 1.82) is 0 Å². The van der Waals surface area contributed by atoms with Gasteiger partial charge in [0.15, 0.2) is 8.32 Å². The number of allylic oxidation sites excluding steroid dienone is 1. The summed E-state index contributed by atoms with van der Waals surface area (Å²) in [6, 6.07) is 0. The van der Waals surface area contributed by atoms with Crippen molar-refractivity contribution in [3.05, 3.63) is 12.7 Å². The van der Waals surface area contributed by atoms with Crippen LogP contribution in [0.1, 0.15) is 73.6 Å². The van der Waals surface area contributed by atoms with Crippen molar-refractivity contribution >= 4 is 14.0 Å². The van der Waals surface area contributed by atoms with Crippen molar-refractivity contribution in [2.75, 3.05) is 6.61 Å². The minimum atomic E-state index is -1.73. The van der Waals surface area contributed by atoms with Crippen molar-refractivity contribution in [2.24, 2.45) is 5.16 Å². The van der Waals surface area contributed by atoms with E-state index < -0.39 is 8.32 Å². The molecular weight excluding hydrogens is 290 g/mol. The Morgan fingerprint density at radius 2 is 1.59 bits per heavy atom. The topological polar surface area (TPSA) is 41.8 Å². The van der Waals surface area contributed by atoms with Crippen LogP contribution in [0, 0.1) is 0 Å². The smallest absolute Gasteiger partial charge is 0.200 e. The highest BCUT2D eigenvalue weighted by Crippen LogP contribution is 2.42. The van der Waals surface area contributed by atoms with Crippen molar-refractivity contribution in [1.82, 2.24) is 0 Å². The normalized spacial score (nSPS) is 13.4. The summed E-state index contributed by atoms with van der Waals surface area (Å²) >= 11 is 0. The first kappa shape index (κ1) is 21.4. The van der Waals surface area contributed by atoms with Crippen molar-refractivity contribution in [2.45, 2.75) is 90.3 Å². The fourth-order valence-corrected chi connectivity index (χ4v) is 9.17. The third kappa shape index (κ3) is 6.25. The zero-order valence-corrected chi connectivity index (χ0v) is 16.6. The van der Waals surface area contributed by atoms with E-state index in [1.54, 1.807) is 0 Å². The molecule has 0 aromatic rings. The fourth-order valence-electron chi connectivity index (χ4n) is 3.67. The maximum Gasteiger partial charge on any atom is 0.200 e. The Bertz CT molecular complexity index is 316. The molecule has 0 saturated carbocycles. The molecule has 0 amide bonds. The second kappa shape index (κ2) is 11.0. The Hall–Kier alpha value is -0.613. The van der Waals surface area contributed by atoms with Crippen LogP contribution in [-0.4, -0.2) is 25.8 Å². The van der Waals surface area contributed by atoms with Crippen molar-refractivity contribution < 1.29 is 9.63 Å². The first-order valence-corrected chi connectivity index (χ1v) is 10.9. The van der Waals surface area contributed by atoms with Gasteiger partial charge in [-0.05, 0) is 48.7 Å². The Kier molecular flexibility index (Phi) is 10.7. The second-order valence-electron chi connectivity index (χ2n) is 7.12. The molecule has 22 heavy (non-hydrogen) atoms. The van der Waals surface area contributed by atoms with Gasteiger partial charge in [-0.3, -0.25) is 0 Å². The lowest BCUT2D eigenvalue weighted by Gasteiger charge is -2.42. The van der Waals surface area contributed by atoms with Gasteiger partial charge in [0.05, 0.1) is 5.71 Å². The second-order valence-corrected chi connectivity index (χ2v) is 12.6. The number of nitrogens with zero attached hydrogens (tertiary/aromatic N) is 1. The molecule has 0 aliphatic carbocycles. The first-order chi connectivity index (χ1) is 10.3. The molecule has 0 saturated heterocycles. The van der Waals surface area contributed by atoms with Gasteiger partial charge in [0.25, 0.3) is 0 Å². The molecule has 0 rings (SSSR count). The van der Waals surface area contributed by atoms with Crippen LogP contribution in [0.15, 0.2) is 17.8 Å². The van der Waals surface area contributed by atoms with Gasteiger partial charge >= 0.3 is 0 Å². The highest BCUT2D eigenvalue weighted by molar-refractivity contribution is 6.77. The molecule has 0 aromatic heterocycles. The van der Waals surface area contributed by atoms with Crippen molar-refractivity contribution in [3.63, 3.8) is 0 Å². The summed E-state index contributed by atoms with van der Waals surface area (Å²) in [5.41, 5.74) is 2.78. The van der Waals surface area contributed by atoms with E-state index in [1.807, 2.05) is 6.08 Å².